The first-order chi connectivity index (χ1) is 16.7. The lowest BCUT2D eigenvalue weighted by atomic mass is 9.91. The molecule has 2 fully saturated rings. The van der Waals surface area contributed by atoms with Crippen LogP contribution in [0.5, 0.6) is 5.88 Å². The topological polar surface area (TPSA) is 67.1 Å². The van der Waals surface area contributed by atoms with Crippen molar-refractivity contribution in [1.82, 2.24) is 19.9 Å². The van der Waals surface area contributed by atoms with E-state index in [0.717, 1.165) is 80.8 Å². The fraction of sp³-hybridized carbons (Fsp3) is 0.538. The molecule has 8 heteroatoms. The smallest absolute Gasteiger partial charge is 0.213 e. The molecule has 2 aromatic heterocycles. The standard InChI is InChI=1S/C26H35N5O3/c1-29(14-15-32-2)17-21-6-5-9-25(27-21)33-19-20-10-11-22-18-31(13-12-30(22)16-20)26-23-7-3-4-8-24(23)34-28-26/h3-9,20,22H,10-19H2,1-2H3/t20-,22+/m1/s1. The molecule has 0 bridgehead atoms. The highest BCUT2D eigenvalue weighted by Gasteiger charge is 2.34. The quantitative estimate of drug-likeness (QED) is 0.477. The van der Waals surface area contributed by atoms with E-state index in [1.165, 1.54) is 12.8 Å². The Labute approximate surface area is 201 Å². The number of rotatable bonds is 9. The number of hydrogen-bond acceptors (Lipinski definition) is 8. The number of benzene rings is 1. The molecule has 1 aromatic carbocycles. The van der Waals surface area contributed by atoms with Gasteiger partial charge in [-0.15, -0.1) is 0 Å². The molecule has 8 nitrogen and oxygen atoms in total. The van der Waals surface area contributed by atoms with E-state index < -0.39 is 0 Å². The highest BCUT2D eigenvalue weighted by molar-refractivity contribution is 5.88. The maximum absolute atomic E-state index is 6.14. The van der Waals surface area contributed by atoms with E-state index in [4.69, 9.17) is 19.0 Å². The van der Waals surface area contributed by atoms with Gasteiger partial charge in [-0.05, 0) is 38.1 Å². The summed E-state index contributed by atoms with van der Waals surface area (Å²) in [6.45, 7) is 7.21. The van der Waals surface area contributed by atoms with Gasteiger partial charge in [0.1, 0.15) is 0 Å². The fourth-order valence-corrected chi connectivity index (χ4v) is 5.12. The highest BCUT2D eigenvalue weighted by Crippen LogP contribution is 2.31. The van der Waals surface area contributed by atoms with E-state index in [2.05, 4.69) is 45.1 Å². The normalized spacial score (nSPS) is 21.2. The van der Waals surface area contributed by atoms with Crippen LogP contribution in [-0.2, 0) is 11.3 Å². The Morgan fingerprint density at radius 1 is 1.09 bits per heavy atom. The Hall–Kier alpha value is -2.68. The molecule has 0 spiro atoms. The van der Waals surface area contributed by atoms with Gasteiger partial charge in [0.05, 0.1) is 24.3 Å². The van der Waals surface area contributed by atoms with Gasteiger partial charge < -0.3 is 18.9 Å². The summed E-state index contributed by atoms with van der Waals surface area (Å²) < 4.78 is 16.8. The van der Waals surface area contributed by atoms with Crippen LogP contribution in [0.25, 0.3) is 11.0 Å². The van der Waals surface area contributed by atoms with Crippen LogP contribution >= 0.6 is 0 Å². The maximum atomic E-state index is 6.14. The van der Waals surface area contributed by atoms with E-state index in [1.807, 2.05) is 24.3 Å². The monoisotopic (exact) mass is 465 g/mol. The van der Waals surface area contributed by atoms with Crippen molar-refractivity contribution in [2.45, 2.75) is 25.4 Å². The van der Waals surface area contributed by atoms with Crippen molar-refractivity contribution in [3.05, 3.63) is 48.2 Å². The number of aromatic nitrogens is 2. The van der Waals surface area contributed by atoms with Crippen LogP contribution in [-0.4, -0.2) is 86.1 Å². The van der Waals surface area contributed by atoms with Crippen LogP contribution in [0.15, 0.2) is 47.0 Å². The fourth-order valence-electron chi connectivity index (χ4n) is 5.12. The molecule has 0 N–H and O–H groups in total. The molecular formula is C26H35N5O3. The molecule has 3 aromatic rings. The zero-order valence-corrected chi connectivity index (χ0v) is 20.2. The molecule has 2 aliphatic heterocycles. The van der Waals surface area contributed by atoms with Gasteiger partial charge in [-0.2, -0.15) is 0 Å². The summed E-state index contributed by atoms with van der Waals surface area (Å²) in [5.74, 6) is 2.24. The van der Waals surface area contributed by atoms with Gasteiger partial charge in [0.25, 0.3) is 0 Å². The maximum Gasteiger partial charge on any atom is 0.213 e. The second kappa shape index (κ2) is 10.7. The third kappa shape index (κ3) is 5.35. The minimum atomic E-state index is 0.533. The molecule has 2 aliphatic rings. The van der Waals surface area contributed by atoms with Crippen molar-refractivity contribution in [3.63, 3.8) is 0 Å². The SMILES string of the molecule is COCCN(C)Cc1cccc(OC[C@@H]2CC[C@H]3CN(c4noc5ccccc45)CCN3C2)n1. The minimum absolute atomic E-state index is 0.533. The van der Waals surface area contributed by atoms with Crippen molar-refractivity contribution in [1.29, 1.82) is 0 Å². The lowest BCUT2D eigenvalue weighted by Crippen LogP contribution is -2.57. The number of piperidine rings is 1. The van der Waals surface area contributed by atoms with Crippen LogP contribution in [0.4, 0.5) is 5.82 Å². The molecule has 0 saturated carbocycles. The predicted octanol–water partition coefficient (Wildman–Crippen LogP) is 3.28. The van der Waals surface area contributed by atoms with Crippen molar-refractivity contribution in [3.8, 4) is 5.88 Å². The largest absolute Gasteiger partial charge is 0.477 e. The van der Waals surface area contributed by atoms with Gasteiger partial charge in [-0.3, -0.25) is 9.80 Å². The molecule has 5 rings (SSSR count). The van der Waals surface area contributed by atoms with E-state index in [-0.39, 0.29) is 0 Å². The molecule has 34 heavy (non-hydrogen) atoms. The number of hydrogen-bond donors (Lipinski definition) is 0. The van der Waals surface area contributed by atoms with Crippen molar-refractivity contribution >= 4 is 16.8 Å². The van der Waals surface area contributed by atoms with Crippen LogP contribution in [0.2, 0.25) is 0 Å². The number of pyridine rings is 1. The van der Waals surface area contributed by atoms with Gasteiger partial charge in [0.2, 0.25) is 5.88 Å². The van der Waals surface area contributed by atoms with Crippen LogP contribution < -0.4 is 9.64 Å². The number of piperazine rings is 1. The summed E-state index contributed by atoms with van der Waals surface area (Å²) in [6.07, 6.45) is 2.35. The molecule has 0 amide bonds. The van der Waals surface area contributed by atoms with Gasteiger partial charge >= 0.3 is 0 Å². The summed E-state index contributed by atoms with van der Waals surface area (Å²) in [5, 5.41) is 5.48. The Balaban J connectivity index is 1.12. The summed E-state index contributed by atoms with van der Waals surface area (Å²) in [4.78, 5) is 11.9. The Kier molecular flexibility index (Phi) is 7.27. The first-order valence-electron chi connectivity index (χ1n) is 12.3. The second-order valence-corrected chi connectivity index (χ2v) is 9.55. The first-order valence-corrected chi connectivity index (χ1v) is 12.3. The molecule has 0 aliphatic carbocycles. The molecule has 182 valence electrons. The van der Waals surface area contributed by atoms with Crippen molar-refractivity contribution in [2.24, 2.45) is 5.92 Å². The Morgan fingerprint density at radius 3 is 2.91 bits per heavy atom. The van der Waals surface area contributed by atoms with Crippen molar-refractivity contribution in [2.75, 3.05) is 65.0 Å². The number of ether oxygens (including phenoxy) is 2. The lowest BCUT2D eigenvalue weighted by molar-refractivity contribution is 0.0716. The number of para-hydroxylation sites is 1. The van der Waals surface area contributed by atoms with Crippen LogP contribution in [0.1, 0.15) is 18.5 Å². The zero-order valence-electron chi connectivity index (χ0n) is 20.2. The highest BCUT2D eigenvalue weighted by atomic mass is 16.5. The second-order valence-electron chi connectivity index (χ2n) is 9.55. The summed E-state index contributed by atoms with van der Waals surface area (Å²) in [6, 6.07) is 14.7. The number of anilines is 1. The summed E-state index contributed by atoms with van der Waals surface area (Å²) in [7, 11) is 3.81. The first kappa shape index (κ1) is 23.1. The number of fused-ring (bicyclic) bond motifs is 2. The molecule has 0 radical (unpaired) electrons. The van der Waals surface area contributed by atoms with Gasteiger partial charge in [0.15, 0.2) is 11.4 Å². The van der Waals surface area contributed by atoms with Gasteiger partial charge in [0, 0.05) is 64.4 Å². The van der Waals surface area contributed by atoms with Crippen LogP contribution in [0.3, 0.4) is 0 Å². The average Bonchev–Trinajstić information content (AvgIpc) is 3.30. The molecule has 2 atom stereocenters. The summed E-state index contributed by atoms with van der Waals surface area (Å²) in [5.41, 5.74) is 1.89. The number of methoxy groups -OCH3 is 1. The number of nitrogens with zero attached hydrogens (tertiary/aromatic N) is 5. The Morgan fingerprint density at radius 2 is 2.00 bits per heavy atom. The molecule has 0 unspecified atom stereocenters. The summed E-state index contributed by atoms with van der Waals surface area (Å²) >= 11 is 0. The molecule has 4 heterocycles. The average molecular weight is 466 g/mol. The van der Waals surface area contributed by atoms with Gasteiger partial charge in [-0.25, -0.2) is 4.98 Å². The zero-order chi connectivity index (χ0) is 23.3. The van der Waals surface area contributed by atoms with Crippen molar-refractivity contribution < 1.29 is 14.0 Å². The Bertz CT molecular complexity index is 1070. The minimum Gasteiger partial charge on any atom is -0.477 e. The predicted molar refractivity (Wildman–Crippen MR) is 132 cm³/mol. The van der Waals surface area contributed by atoms with E-state index in [0.29, 0.717) is 12.0 Å². The molecular weight excluding hydrogens is 430 g/mol. The lowest BCUT2D eigenvalue weighted by Gasteiger charge is -2.46. The third-order valence-electron chi connectivity index (χ3n) is 7.02. The third-order valence-corrected chi connectivity index (χ3v) is 7.02. The van der Waals surface area contributed by atoms with E-state index in [9.17, 15) is 0 Å². The van der Waals surface area contributed by atoms with Crippen LogP contribution in [0, 0.1) is 5.92 Å². The van der Waals surface area contributed by atoms with Gasteiger partial charge in [-0.1, -0.05) is 23.4 Å². The van der Waals surface area contributed by atoms with E-state index in [1.54, 1.807) is 7.11 Å². The van der Waals surface area contributed by atoms with E-state index >= 15 is 0 Å². The number of likely N-dealkylation sites (N-methyl/N-ethyl adjacent to an activating group) is 1. The molecule has 2 saturated heterocycles.